The summed E-state index contributed by atoms with van der Waals surface area (Å²) in [5.74, 6) is -0.429. The van der Waals surface area contributed by atoms with Crippen molar-refractivity contribution in [1.82, 2.24) is 0 Å². The van der Waals surface area contributed by atoms with Crippen molar-refractivity contribution in [2.75, 3.05) is 37.8 Å². The Morgan fingerprint density at radius 1 is 0.833 bits per heavy atom. The Bertz CT molecular complexity index is 1290. The molecular weight excluding hydrogens is 464 g/mol. The molecule has 9 heteroatoms. The average molecular weight is 488 g/mol. The van der Waals surface area contributed by atoms with E-state index in [9.17, 15) is 14.4 Å². The summed E-state index contributed by atoms with van der Waals surface area (Å²) in [6.45, 7) is -0.114. The number of nitrogens with zero attached hydrogens (tertiary/aromatic N) is 1. The maximum absolute atomic E-state index is 12.9. The van der Waals surface area contributed by atoms with Crippen molar-refractivity contribution >= 4 is 29.2 Å². The average Bonchev–Trinajstić information content (AvgIpc) is 2.93. The van der Waals surface area contributed by atoms with Gasteiger partial charge in [-0.25, -0.2) is 9.59 Å². The van der Waals surface area contributed by atoms with Gasteiger partial charge in [-0.15, -0.1) is 0 Å². The Morgan fingerprint density at radius 2 is 1.53 bits per heavy atom. The van der Waals surface area contributed by atoms with Gasteiger partial charge in [0.25, 0.3) is 5.91 Å². The minimum Gasteiger partial charge on any atom is -0.466 e. The number of rotatable bonds is 7. The fraction of sp³-hybridized carbons (Fsp3) is 0.148. The lowest BCUT2D eigenvalue weighted by atomic mass is 10.1. The van der Waals surface area contributed by atoms with E-state index >= 15 is 0 Å². The number of carbonyl (C=O) groups excluding carboxylic acids is 3. The highest BCUT2D eigenvalue weighted by atomic mass is 16.5. The zero-order valence-electron chi connectivity index (χ0n) is 19.7. The van der Waals surface area contributed by atoms with Crippen molar-refractivity contribution < 1.29 is 33.3 Å². The first-order chi connectivity index (χ1) is 17.5. The molecule has 1 aliphatic rings. The first-order valence-corrected chi connectivity index (χ1v) is 11.0. The largest absolute Gasteiger partial charge is 0.466 e. The molecule has 4 rings (SSSR count). The Balaban J connectivity index is 1.52. The quantitative estimate of drug-likeness (QED) is 0.496. The number of hydrogen-bond acceptors (Lipinski definition) is 8. The summed E-state index contributed by atoms with van der Waals surface area (Å²) < 4.78 is 20.9. The molecular formula is C27H24N2O7. The topological polar surface area (TPSA) is 103 Å². The third-order valence-electron chi connectivity index (χ3n) is 5.34. The second kappa shape index (κ2) is 11.2. The van der Waals surface area contributed by atoms with Crippen LogP contribution in [0.3, 0.4) is 0 Å². The molecule has 0 fully saturated rings. The second-order valence-corrected chi connectivity index (χ2v) is 7.66. The highest BCUT2D eigenvalue weighted by Gasteiger charge is 2.32. The summed E-state index contributed by atoms with van der Waals surface area (Å²) >= 11 is 0. The van der Waals surface area contributed by atoms with Crippen molar-refractivity contribution in [2.24, 2.45) is 0 Å². The molecule has 9 nitrogen and oxygen atoms in total. The van der Waals surface area contributed by atoms with Gasteiger partial charge in [-0.3, -0.25) is 4.79 Å². The molecule has 1 N–H and O–H groups in total. The number of methoxy groups -OCH3 is 2. The molecule has 1 aliphatic heterocycles. The van der Waals surface area contributed by atoms with E-state index in [0.29, 0.717) is 28.4 Å². The number of amides is 1. The normalized spacial score (nSPS) is 13.1. The molecule has 3 aromatic carbocycles. The van der Waals surface area contributed by atoms with Crippen LogP contribution in [0.15, 0.2) is 90.1 Å². The summed E-state index contributed by atoms with van der Waals surface area (Å²) in [4.78, 5) is 39.1. The van der Waals surface area contributed by atoms with Gasteiger partial charge in [0.15, 0.2) is 0 Å². The van der Waals surface area contributed by atoms with Crippen LogP contribution >= 0.6 is 0 Å². The van der Waals surface area contributed by atoms with Gasteiger partial charge in [0, 0.05) is 16.9 Å². The molecule has 0 unspecified atom stereocenters. The number of benzene rings is 3. The zero-order valence-corrected chi connectivity index (χ0v) is 19.7. The van der Waals surface area contributed by atoms with E-state index < -0.39 is 11.9 Å². The lowest BCUT2D eigenvalue weighted by Gasteiger charge is -2.31. The van der Waals surface area contributed by atoms with Gasteiger partial charge in [-0.1, -0.05) is 24.3 Å². The molecule has 0 bridgehead atoms. The highest BCUT2D eigenvalue weighted by molar-refractivity contribution is 6.06. The number of esters is 2. The van der Waals surface area contributed by atoms with Gasteiger partial charge in [-0.05, 0) is 54.6 Å². The van der Waals surface area contributed by atoms with E-state index in [-0.39, 0.29) is 30.5 Å². The molecule has 184 valence electrons. The van der Waals surface area contributed by atoms with Gasteiger partial charge < -0.3 is 29.2 Å². The van der Waals surface area contributed by atoms with Crippen molar-refractivity contribution in [3.8, 4) is 11.5 Å². The van der Waals surface area contributed by atoms with Gasteiger partial charge in [0.2, 0.25) is 0 Å². The number of anilines is 2. The number of ether oxygens (including phenoxy) is 4. The van der Waals surface area contributed by atoms with Crippen molar-refractivity contribution in [3.63, 3.8) is 0 Å². The SMILES string of the molecule is COC(=O)C1=C(C(=O)OC)N(c2cccc(C(=O)Nc3ccc(Oc4ccccc4)cc3)c2)COC1. The van der Waals surface area contributed by atoms with E-state index in [2.05, 4.69) is 5.32 Å². The maximum atomic E-state index is 12.9. The van der Waals surface area contributed by atoms with E-state index in [0.717, 1.165) is 0 Å². The lowest BCUT2D eigenvalue weighted by molar-refractivity contribution is -0.140. The Morgan fingerprint density at radius 3 is 2.22 bits per heavy atom. The Kier molecular flexibility index (Phi) is 7.62. The van der Waals surface area contributed by atoms with Gasteiger partial charge in [-0.2, -0.15) is 0 Å². The van der Waals surface area contributed by atoms with E-state index in [1.54, 1.807) is 48.5 Å². The van der Waals surface area contributed by atoms with E-state index in [4.69, 9.17) is 18.9 Å². The number of carbonyl (C=O) groups is 3. The Labute approximate surface area is 207 Å². The molecule has 3 aromatic rings. The predicted molar refractivity (Wildman–Crippen MR) is 132 cm³/mol. The Hall–Kier alpha value is -4.63. The molecule has 0 aliphatic carbocycles. The third-order valence-corrected chi connectivity index (χ3v) is 5.34. The van der Waals surface area contributed by atoms with Crippen LogP contribution in [0.4, 0.5) is 11.4 Å². The van der Waals surface area contributed by atoms with E-state index in [1.165, 1.54) is 19.1 Å². The molecule has 0 atom stereocenters. The summed E-state index contributed by atoms with van der Waals surface area (Å²) in [5.41, 5.74) is 1.42. The first-order valence-electron chi connectivity index (χ1n) is 11.0. The summed E-state index contributed by atoms with van der Waals surface area (Å²) in [6.07, 6.45) is 0. The molecule has 0 spiro atoms. The standard InChI is InChI=1S/C27H24N2O7/c1-33-26(31)23-16-35-17-29(24(23)27(32)34-2)20-8-6-7-18(15-20)25(30)28-19-11-13-22(14-12-19)36-21-9-4-3-5-10-21/h3-15H,16-17H2,1-2H3,(H,28,30). The number of hydrogen-bond donors (Lipinski definition) is 1. The van der Waals surface area contributed by atoms with Crippen molar-refractivity contribution in [3.05, 3.63) is 95.7 Å². The van der Waals surface area contributed by atoms with Gasteiger partial charge >= 0.3 is 11.9 Å². The molecule has 0 radical (unpaired) electrons. The smallest absolute Gasteiger partial charge is 0.355 e. The molecule has 1 amide bonds. The van der Waals surface area contributed by atoms with Gasteiger partial charge in [0.05, 0.1) is 26.4 Å². The minimum absolute atomic E-state index is 0.00200. The number of nitrogens with one attached hydrogen (secondary N) is 1. The van der Waals surface area contributed by atoms with Crippen LogP contribution in [0.2, 0.25) is 0 Å². The fourth-order valence-electron chi connectivity index (χ4n) is 3.60. The second-order valence-electron chi connectivity index (χ2n) is 7.66. The van der Waals surface area contributed by atoms with Crippen molar-refractivity contribution in [1.29, 1.82) is 0 Å². The van der Waals surface area contributed by atoms with E-state index in [1.807, 2.05) is 30.3 Å². The molecule has 0 aromatic heterocycles. The highest BCUT2D eigenvalue weighted by Crippen LogP contribution is 2.28. The lowest BCUT2D eigenvalue weighted by Crippen LogP contribution is -2.38. The van der Waals surface area contributed by atoms with Crippen molar-refractivity contribution in [2.45, 2.75) is 0 Å². The van der Waals surface area contributed by atoms with Crippen LogP contribution < -0.4 is 15.0 Å². The minimum atomic E-state index is -0.716. The van der Waals surface area contributed by atoms with Crippen LogP contribution in [-0.2, 0) is 23.8 Å². The zero-order chi connectivity index (χ0) is 25.5. The summed E-state index contributed by atoms with van der Waals surface area (Å²) in [7, 11) is 2.44. The fourth-order valence-corrected chi connectivity index (χ4v) is 3.60. The maximum Gasteiger partial charge on any atom is 0.355 e. The van der Waals surface area contributed by atoms with Crippen LogP contribution in [0, 0.1) is 0 Å². The summed E-state index contributed by atoms with van der Waals surface area (Å²) in [5, 5.41) is 2.84. The monoisotopic (exact) mass is 488 g/mol. The molecule has 1 heterocycles. The predicted octanol–water partition coefficient (Wildman–Crippen LogP) is 4.13. The van der Waals surface area contributed by atoms with Gasteiger partial charge in [0.1, 0.15) is 23.9 Å². The molecule has 36 heavy (non-hydrogen) atoms. The molecule has 0 saturated carbocycles. The van der Waals surface area contributed by atoms with Crippen LogP contribution in [0.25, 0.3) is 0 Å². The summed E-state index contributed by atoms with van der Waals surface area (Å²) in [6, 6.07) is 23.0. The first kappa shape index (κ1) is 24.5. The molecule has 0 saturated heterocycles. The number of para-hydroxylation sites is 1. The third kappa shape index (κ3) is 5.53. The van der Waals surface area contributed by atoms with Crippen LogP contribution in [-0.4, -0.2) is 45.4 Å². The van der Waals surface area contributed by atoms with Crippen LogP contribution in [0.5, 0.6) is 11.5 Å². The van der Waals surface area contributed by atoms with Crippen LogP contribution in [0.1, 0.15) is 10.4 Å².